The number of likely N-dealkylation sites (tertiary alicyclic amines) is 1. The largest absolute Gasteiger partial charge is 0.303 e. The summed E-state index contributed by atoms with van der Waals surface area (Å²) < 4.78 is 12.8. The average molecular weight is 263 g/mol. The predicted molar refractivity (Wildman–Crippen MR) is 74.8 cm³/mol. The van der Waals surface area contributed by atoms with Crippen LogP contribution in [0.3, 0.4) is 0 Å². The predicted octanol–water partition coefficient (Wildman–Crippen LogP) is 3.52. The minimum Gasteiger partial charge on any atom is -0.303 e. The second-order valence-corrected chi connectivity index (χ2v) is 5.40. The number of hydrogen-bond donors (Lipinski definition) is 0. The maximum atomic E-state index is 12.8. The quantitative estimate of drug-likeness (QED) is 0.758. The van der Waals surface area contributed by atoms with Gasteiger partial charge in [0.15, 0.2) is 5.78 Å². The van der Waals surface area contributed by atoms with E-state index in [0.29, 0.717) is 12.0 Å². The van der Waals surface area contributed by atoms with Crippen LogP contribution in [0.1, 0.15) is 43.0 Å². The number of hydrogen-bond acceptors (Lipinski definition) is 2. The van der Waals surface area contributed by atoms with Crippen molar-refractivity contribution in [3.63, 3.8) is 0 Å². The third-order valence-electron chi connectivity index (χ3n) is 4.00. The van der Waals surface area contributed by atoms with E-state index >= 15 is 0 Å². The van der Waals surface area contributed by atoms with Crippen LogP contribution in [-0.2, 0) is 0 Å². The van der Waals surface area contributed by atoms with Gasteiger partial charge in [-0.2, -0.15) is 0 Å². The van der Waals surface area contributed by atoms with Crippen LogP contribution >= 0.6 is 0 Å². The molecule has 2 rings (SSSR count). The van der Waals surface area contributed by atoms with Gasteiger partial charge < -0.3 is 4.90 Å². The number of Topliss-reactive ketones (excluding diaryl/α,β-unsaturated/α-hetero) is 1. The number of benzene rings is 1. The Bertz CT molecular complexity index is 415. The molecule has 3 heteroatoms. The number of ketones is 1. The fraction of sp³-hybridized carbons (Fsp3) is 0.562. The second-order valence-electron chi connectivity index (χ2n) is 5.40. The monoisotopic (exact) mass is 263 g/mol. The molecule has 1 saturated heterocycles. The molecular formula is C16H22FNO. The molecule has 0 bridgehead atoms. The Morgan fingerprint density at radius 3 is 2.79 bits per heavy atom. The number of nitrogens with zero attached hydrogens (tertiary/aromatic N) is 1. The van der Waals surface area contributed by atoms with Crippen molar-refractivity contribution in [2.24, 2.45) is 5.92 Å². The van der Waals surface area contributed by atoms with Crippen LogP contribution in [-0.4, -0.2) is 30.3 Å². The van der Waals surface area contributed by atoms with Crippen LogP contribution in [0.15, 0.2) is 24.3 Å². The number of carbonyl (C=O) groups is 1. The van der Waals surface area contributed by atoms with Gasteiger partial charge in [-0.15, -0.1) is 0 Å². The van der Waals surface area contributed by atoms with E-state index in [1.807, 2.05) is 0 Å². The fourth-order valence-corrected chi connectivity index (χ4v) is 2.73. The molecule has 1 aliphatic rings. The highest BCUT2D eigenvalue weighted by atomic mass is 19.1. The van der Waals surface area contributed by atoms with E-state index in [9.17, 15) is 9.18 Å². The maximum Gasteiger partial charge on any atom is 0.164 e. The summed E-state index contributed by atoms with van der Waals surface area (Å²) in [5.41, 5.74) is 0.616. The lowest BCUT2D eigenvalue weighted by Crippen LogP contribution is -2.36. The van der Waals surface area contributed by atoms with Gasteiger partial charge in [0.1, 0.15) is 5.82 Å². The summed E-state index contributed by atoms with van der Waals surface area (Å²) in [5, 5.41) is 0. The van der Waals surface area contributed by atoms with E-state index < -0.39 is 0 Å². The average Bonchev–Trinajstić information content (AvgIpc) is 2.46. The molecular weight excluding hydrogens is 241 g/mol. The van der Waals surface area contributed by atoms with Crippen molar-refractivity contribution in [2.45, 2.75) is 32.6 Å². The Balaban J connectivity index is 1.81. The van der Waals surface area contributed by atoms with E-state index in [-0.39, 0.29) is 11.6 Å². The number of carbonyl (C=O) groups excluding carboxylic acids is 1. The van der Waals surface area contributed by atoms with Crippen LogP contribution in [0.5, 0.6) is 0 Å². The summed E-state index contributed by atoms with van der Waals surface area (Å²) in [6.45, 7) is 5.28. The number of rotatable bonds is 5. The Kier molecular flexibility index (Phi) is 5.08. The molecule has 1 fully saturated rings. The molecule has 0 N–H and O–H groups in total. The summed E-state index contributed by atoms with van der Waals surface area (Å²) in [6.07, 6.45) is 4.31. The summed E-state index contributed by atoms with van der Waals surface area (Å²) in [6, 6.07) is 5.84. The normalized spacial score (nSPS) is 20.4. The smallest absolute Gasteiger partial charge is 0.164 e. The Labute approximate surface area is 114 Å². The van der Waals surface area contributed by atoms with Gasteiger partial charge in [0.2, 0.25) is 0 Å². The highest BCUT2D eigenvalue weighted by molar-refractivity contribution is 5.96. The molecule has 1 heterocycles. The molecule has 0 aliphatic carbocycles. The summed E-state index contributed by atoms with van der Waals surface area (Å²) >= 11 is 0. The lowest BCUT2D eigenvalue weighted by Gasteiger charge is -2.32. The van der Waals surface area contributed by atoms with Gasteiger partial charge in [0.25, 0.3) is 0 Å². The molecule has 1 aromatic rings. The summed E-state index contributed by atoms with van der Waals surface area (Å²) in [4.78, 5) is 14.4. The molecule has 2 nitrogen and oxygen atoms in total. The lowest BCUT2D eigenvalue weighted by molar-refractivity contribution is 0.0945. The zero-order valence-electron chi connectivity index (χ0n) is 11.6. The Hall–Kier alpha value is -1.22. The van der Waals surface area contributed by atoms with Crippen LogP contribution in [0.25, 0.3) is 0 Å². The van der Waals surface area contributed by atoms with Crippen LogP contribution in [0.4, 0.5) is 4.39 Å². The zero-order chi connectivity index (χ0) is 13.7. The molecule has 1 aliphatic heterocycles. The highest BCUT2D eigenvalue weighted by Crippen LogP contribution is 2.19. The molecule has 19 heavy (non-hydrogen) atoms. The molecule has 0 amide bonds. The molecule has 104 valence electrons. The van der Waals surface area contributed by atoms with Crippen LogP contribution in [0, 0.1) is 11.7 Å². The van der Waals surface area contributed by atoms with Crippen molar-refractivity contribution in [3.05, 3.63) is 35.6 Å². The van der Waals surface area contributed by atoms with E-state index in [2.05, 4.69) is 11.8 Å². The molecule has 0 spiro atoms. The molecule has 1 unspecified atom stereocenters. The van der Waals surface area contributed by atoms with E-state index in [4.69, 9.17) is 0 Å². The molecule has 1 atom stereocenters. The first-order valence-corrected chi connectivity index (χ1v) is 7.20. The van der Waals surface area contributed by atoms with Crippen molar-refractivity contribution in [1.82, 2.24) is 4.90 Å². The van der Waals surface area contributed by atoms with Crippen molar-refractivity contribution >= 4 is 5.78 Å². The first-order chi connectivity index (χ1) is 9.19. The van der Waals surface area contributed by atoms with Gasteiger partial charge in [0.05, 0.1) is 0 Å². The Morgan fingerprint density at radius 2 is 2.11 bits per heavy atom. The van der Waals surface area contributed by atoms with Crippen molar-refractivity contribution in [2.75, 3.05) is 19.6 Å². The standard InChI is InChI=1S/C16H22FNO/c1-2-13-4-3-10-18(12-13)11-9-16(19)14-5-7-15(17)8-6-14/h5-8,13H,2-4,9-12H2,1H3. The first-order valence-electron chi connectivity index (χ1n) is 7.20. The van der Waals surface area contributed by atoms with Gasteiger partial charge in [-0.1, -0.05) is 13.3 Å². The van der Waals surface area contributed by atoms with E-state index in [1.165, 1.54) is 31.4 Å². The van der Waals surface area contributed by atoms with Gasteiger partial charge in [-0.05, 0) is 49.6 Å². The summed E-state index contributed by atoms with van der Waals surface area (Å²) in [5.74, 6) is 0.603. The third-order valence-corrected chi connectivity index (χ3v) is 4.00. The van der Waals surface area contributed by atoms with Crippen LogP contribution < -0.4 is 0 Å². The molecule has 0 saturated carbocycles. The minimum absolute atomic E-state index is 0.110. The molecule has 0 radical (unpaired) electrons. The minimum atomic E-state index is -0.293. The fourth-order valence-electron chi connectivity index (χ4n) is 2.73. The van der Waals surface area contributed by atoms with Crippen molar-refractivity contribution < 1.29 is 9.18 Å². The number of halogens is 1. The maximum absolute atomic E-state index is 12.8. The SMILES string of the molecule is CCC1CCCN(CCC(=O)c2ccc(F)cc2)C1. The number of piperidine rings is 1. The lowest BCUT2D eigenvalue weighted by atomic mass is 9.95. The van der Waals surface area contributed by atoms with E-state index in [0.717, 1.165) is 25.6 Å². The highest BCUT2D eigenvalue weighted by Gasteiger charge is 2.19. The van der Waals surface area contributed by atoms with Gasteiger partial charge in [-0.25, -0.2) is 4.39 Å². The van der Waals surface area contributed by atoms with Crippen molar-refractivity contribution in [1.29, 1.82) is 0 Å². The van der Waals surface area contributed by atoms with Gasteiger partial charge >= 0.3 is 0 Å². The molecule has 0 aromatic heterocycles. The first kappa shape index (κ1) is 14.2. The van der Waals surface area contributed by atoms with Crippen LogP contribution in [0.2, 0.25) is 0 Å². The third kappa shape index (κ3) is 4.13. The topological polar surface area (TPSA) is 20.3 Å². The molecule has 1 aromatic carbocycles. The zero-order valence-corrected chi connectivity index (χ0v) is 11.6. The van der Waals surface area contributed by atoms with Gasteiger partial charge in [0, 0.05) is 25.1 Å². The van der Waals surface area contributed by atoms with Gasteiger partial charge in [-0.3, -0.25) is 4.79 Å². The Morgan fingerprint density at radius 1 is 1.37 bits per heavy atom. The van der Waals surface area contributed by atoms with Crippen molar-refractivity contribution in [3.8, 4) is 0 Å². The second kappa shape index (κ2) is 6.80. The summed E-state index contributed by atoms with van der Waals surface area (Å²) in [7, 11) is 0. The van der Waals surface area contributed by atoms with E-state index in [1.54, 1.807) is 12.1 Å².